The van der Waals surface area contributed by atoms with E-state index in [1.54, 1.807) is 6.20 Å². The summed E-state index contributed by atoms with van der Waals surface area (Å²) >= 11 is 8.50. The molecule has 2 saturated heterocycles. The van der Waals surface area contributed by atoms with Gasteiger partial charge in [-0.25, -0.2) is 14.8 Å². The van der Waals surface area contributed by atoms with Crippen LogP contribution >= 0.6 is 34.2 Å². The van der Waals surface area contributed by atoms with Crippen LogP contribution in [-0.2, 0) is 16.9 Å². The molecule has 0 radical (unpaired) electrons. The van der Waals surface area contributed by atoms with Gasteiger partial charge in [-0.3, -0.25) is 9.30 Å². The fourth-order valence-corrected chi connectivity index (χ4v) is 5.80. The molecule has 0 aliphatic carbocycles. The number of nitrogens with zero attached hydrogens (tertiary/aromatic N) is 4. The summed E-state index contributed by atoms with van der Waals surface area (Å²) in [5.41, 5.74) is 1.33. The van der Waals surface area contributed by atoms with Crippen molar-refractivity contribution in [1.82, 2.24) is 19.3 Å². The molecule has 3 aromatic rings. The Labute approximate surface area is 181 Å². The van der Waals surface area contributed by atoms with E-state index in [2.05, 4.69) is 27.6 Å². The molecule has 0 spiro atoms. The second-order valence-corrected chi connectivity index (χ2v) is 8.72. The van der Waals surface area contributed by atoms with Gasteiger partial charge >= 0.3 is 6.09 Å². The summed E-state index contributed by atoms with van der Waals surface area (Å²) < 4.78 is 8.48. The number of amides is 1. The lowest BCUT2D eigenvalue weighted by Gasteiger charge is -2.33. The third-order valence-electron chi connectivity index (χ3n) is 5.89. The van der Waals surface area contributed by atoms with E-state index in [1.807, 2.05) is 45.8 Å². The molecule has 5 rings (SSSR count). The van der Waals surface area contributed by atoms with Gasteiger partial charge in [-0.15, -0.1) is 0 Å². The Kier molecular flexibility index (Phi) is 4.46. The van der Waals surface area contributed by atoms with Crippen molar-refractivity contribution in [3.05, 3.63) is 63.0 Å². The lowest BCUT2D eigenvalue weighted by Crippen LogP contribution is -2.44. The molecule has 4 heterocycles. The van der Waals surface area contributed by atoms with E-state index in [4.69, 9.17) is 21.3 Å². The first kappa shape index (κ1) is 18.2. The Morgan fingerprint density at radius 3 is 2.79 bits per heavy atom. The minimum absolute atomic E-state index is 0.200. The number of hydrogen-bond acceptors (Lipinski definition) is 4. The Balaban J connectivity index is 1.50. The van der Waals surface area contributed by atoms with Gasteiger partial charge in [-0.05, 0) is 53.8 Å². The van der Waals surface area contributed by atoms with Crippen LogP contribution in [0, 0.1) is 3.70 Å². The first-order chi connectivity index (χ1) is 13.6. The van der Waals surface area contributed by atoms with Crippen LogP contribution in [0.1, 0.15) is 37.1 Å². The lowest BCUT2D eigenvalue weighted by molar-refractivity contribution is 0.0649. The molecule has 2 aromatic heterocycles. The normalized spacial score (nSPS) is 23.5. The molecule has 28 heavy (non-hydrogen) atoms. The summed E-state index contributed by atoms with van der Waals surface area (Å²) in [6.45, 7) is 0.272. The molecule has 0 atom stereocenters. The monoisotopic (exact) mass is 508 g/mol. The van der Waals surface area contributed by atoms with Crippen LogP contribution in [0.5, 0.6) is 0 Å². The molecule has 144 valence electrons. The summed E-state index contributed by atoms with van der Waals surface area (Å²) in [5.74, 6) is 0.855. The number of aromatic nitrogens is 3. The number of ether oxygens (including phenoxy) is 1. The van der Waals surface area contributed by atoms with Crippen molar-refractivity contribution in [2.75, 3.05) is 0 Å². The zero-order valence-electron chi connectivity index (χ0n) is 15.0. The van der Waals surface area contributed by atoms with Crippen LogP contribution in [0.4, 0.5) is 4.79 Å². The smallest absolute Gasteiger partial charge is 0.411 e. The van der Waals surface area contributed by atoms with Crippen LogP contribution < -0.4 is 0 Å². The highest BCUT2D eigenvalue weighted by Crippen LogP contribution is 2.53. The minimum Gasteiger partial charge on any atom is -0.445 e. The highest BCUT2D eigenvalue weighted by molar-refractivity contribution is 14.1. The number of fused-ring (bicyclic) bond motifs is 3. The third-order valence-corrected chi connectivity index (χ3v) is 6.92. The lowest BCUT2D eigenvalue weighted by atomic mass is 9.87. The zero-order chi connectivity index (χ0) is 19.3. The maximum absolute atomic E-state index is 13.1. The van der Waals surface area contributed by atoms with Crippen molar-refractivity contribution in [3.63, 3.8) is 0 Å². The van der Waals surface area contributed by atoms with Crippen molar-refractivity contribution in [1.29, 1.82) is 0 Å². The molecular weight excluding hydrogens is 491 g/mol. The van der Waals surface area contributed by atoms with Crippen LogP contribution in [0.2, 0.25) is 5.15 Å². The fourth-order valence-electron chi connectivity index (χ4n) is 4.66. The number of carbonyl (C=O) groups is 1. The number of benzene rings is 1. The third kappa shape index (κ3) is 2.70. The standard InChI is InChI=1S/C20H18ClIN4O2/c21-16-15-17(22)24-18(25(15)11-10-23-16)20-8-6-14(7-9-20)26(20)19(27)28-12-13-4-2-1-3-5-13/h1-5,10-11,14H,6-9,12H2. The predicted molar refractivity (Wildman–Crippen MR) is 113 cm³/mol. The molecule has 0 N–H and O–H groups in total. The number of rotatable bonds is 3. The van der Waals surface area contributed by atoms with E-state index in [0.29, 0.717) is 5.15 Å². The largest absolute Gasteiger partial charge is 0.445 e. The second-order valence-electron chi connectivity index (χ2n) is 7.34. The highest BCUT2D eigenvalue weighted by atomic mass is 127. The minimum atomic E-state index is -0.449. The number of carbonyl (C=O) groups excluding carboxylic acids is 1. The van der Waals surface area contributed by atoms with E-state index in [0.717, 1.165) is 46.3 Å². The van der Waals surface area contributed by atoms with E-state index in [1.165, 1.54) is 0 Å². The van der Waals surface area contributed by atoms with Gasteiger partial charge in [-0.1, -0.05) is 41.9 Å². The van der Waals surface area contributed by atoms with Gasteiger partial charge in [-0.2, -0.15) is 0 Å². The molecule has 6 nitrogen and oxygen atoms in total. The van der Waals surface area contributed by atoms with Gasteiger partial charge in [0.05, 0.1) is 0 Å². The summed E-state index contributed by atoms with van der Waals surface area (Å²) in [5, 5.41) is 0.424. The highest BCUT2D eigenvalue weighted by Gasteiger charge is 2.58. The van der Waals surface area contributed by atoms with Gasteiger partial charge < -0.3 is 4.74 Å². The summed E-state index contributed by atoms with van der Waals surface area (Å²) in [6, 6.07) is 9.96. The number of hydrogen-bond donors (Lipinski definition) is 0. The van der Waals surface area contributed by atoms with Crippen LogP contribution in [0.25, 0.3) is 5.52 Å². The van der Waals surface area contributed by atoms with Crippen molar-refractivity contribution in [2.45, 2.75) is 43.9 Å². The second kappa shape index (κ2) is 6.88. The molecule has 0 unspecified atom stereocenters. The maximum Gasteiger partial charge on any atom is 0.411 e. The summed E-state index contributed by atoms with van der Waals surface area (Å²) in [4.78, 5) is 24.0. The van der Waals surface area contributed by atoms with Crippen molar-refractivity contribution in [2.24, 2.45) is 0 Å². The Bertz CT molecular complexity index is 1050. The molecular formula is C20H18ClIN4O2. The molecule has 2 bridgehead atoms. The quantitative estimate of drug-likeness (QED) is 0.478. The van der Waals surface area contributed by atoms with E-state index < -0.39 is 5.54 Å². The van der Waals surface area contributed by atoms with Gasteiger partial charge in [0.2, 0.25) is 0 Å². The average molecular weight is 509 g/mol. The SMILES string of the molecule is O=C(OCc1ccccc1)N1C2CCC1(c1nc(I)c3c(Cl)nccn13)CC2. The zero-order valence-corrected chi connectivity index (χ0v) is 17.9. The van der Waals surface area contributed by atoms with Crippen LogP contribution in [-0.4, -0.2) is 31.4 Å². The Hall–Kier alpha value is -1.87. The molecule has 1 amide bonds. The van der Waals surface area contributed by atoms with Gasteiger partial charge in [0.25, 0.3) is 0 Å². The van der Waals surface area contributed by atoms with E-state index >= 15 is 0 Å². The number of halogens is 2. The Morgan fingerprint density at radius 2 is 2.04 bits per heavy atom. The first-order valence-corrected chi connectivity index (χ1v) is 10.7. The summed E-state index contributed by atoms with van der Waals surface area (Å²) in [6.07, 6.45) is 6.97. The Morgan fingerprint density at radius 1 is 1.29 bits per heavy atom. The van der Waals surface area contributed by atoms with Crippen molar-refractivity contribution < 1.29 is 9.53 Å². The van der Waals surface area contributed by atoms with Gasteiger partial charge in [0.15, 0.2) is 5.15 Å². The maximum atomic E-state index is 13.1. The molecule has 8 heteroatoms. The molecule has 0 saturated carbocycles. The molecule has 1 aromatic carbocycles. The number of imidazole rings is 1. The van der Waals surface area contributed by atoms with Gasteiger partial charge in [0.1, 0.15) is 27.2 Å². The van der Waals surface area contributed by atoms with Crippen molar-refractivity contribution >= 4 is 45.8 Å². The van der Waals surface area contributed by atoms with Gasteiger partial charge in [0, 0.05) is 18.4 Å². The van der Waals surface area contributed by atoms with Crippen molar-refractivity contribution in [3.8, 4) is 0 Å². The predicted octanol–water partition coefficient (Wildman–Crippen LogP) is 4.78. The first-order valence-electron chi connectivity index (χ1n) is 9.29. The van der Waals surface area contributed by atoms with E-state index in [9.17, 15) is 4.79 Å². The molecule has 2 fully saturated rings. The van der Waals surface area contributed by atoms with Crippen LogP contribution in [0.3, 0.4) is 0 Å². The molecule has 2 aliphatic heterocycles. The fraction of sp³-hybridized carbons (Fsp3) is 0.350. The topological polar surface area (TPSA) is 59.7 Å². The van der Waals surface area contributed by atoms with E-state index in [-0.39, 0.29) is 18.7 Å². The molecule has 2 aliphatic rings. The van der Waals surface area contributed by atoms with Crippen LogP contribution in [0.15, 0.2) is 42.7 Å². The average Bonchev–Trinajstić information content (AvgIpc) is 3.38. The summed E-state index contributed by atoms with van der Waals surface area (Å²) in [7, 11) is 0.